The lowest BCUT2D eigenvalue weighted by Gasteiger charge is -2.37. The summed E-state index contributed by atoms with van der Waals surface area (Å²) in [5.41, 5.74) is 0.483. The molecule has 8 heteroatoms. The molecular formula is C17H22FN5OS. The number of hydrogen-bond donors (Lipinski definition) is 1. The molecule has 1 aliphatic rings. The van der Waals surface area contributed by atoms with Gasteiger partial charge < -0.3 is 10.2 Å². The van der Waals surface area contributed by atoms with Gasteiger partial charge in [0, 0.05) is 49.8 Å². The van der Waals surface area contributed by atoms with Gasteiger partial charge in [0.15, 0.2) is 0 Å². The van der Waals surface area contributed by atoms with E-state index in [2.05, 4.69) is 24.5 Å². The van der Waals surface area contributed by atoms with Crippen LogP contribution in [0, 0.1) is 5.82 Å². The Morgan fingerprint density at radius 1 is 1.36 bits per heavy atom. The smallest absolute Gasteiger partial charge is 0.241 e. The molecule has 0 bridgehead atoms. The van der Waals surface area contributed by atoms with Gasteiger partial charge in [0.2, 0.25) is 11.0 Å². The molecule has 1 amide bonds. The number of carbonyl (C=O) groups is 1. The monoisotopic (exact) mass is 363 g/mol. The van der Waals surface area contributed by atoms with Crippen LogP contribution in [-0.4, -0.2) is 52.4 Å². The van der Waals surface area contributed by atoms with Gasteiger partial charge in [-0.2, -0.15) is 4.37 Å². The second-order valence-corrected chi connectivity index (χ2v) is 6.78. The van der Waals surface area contributed by atoms with Crippen LogP contribution in [0.3, 0.4) is 0 Å². The molecule has 25 heavy (non-hydrogen) atoms. The van der Waals surface area contributed by atoms with Gasteiger partial charge in [-0.25, -0.2) is 9.37 Å². The molecule has 1 saturated heterocycles. The number of hydrogen-bond acceptors (Lipinski definition) is 6. The third-order valence-corrected chi connectivity index (χ3v) is 5.19. The van der Waals surface area contributed by atoms with Crippen LogP contribution < -0.4 is 10.2 Å². The second-order valence-electron chi connectivity index (χ2n) is 6.05. The van der Waals surface area contributed by atoms with Crippen LogP contribution in [0.4, 0.5) is 15.2 Å². The fraction of sp³-hybridized carbons (Fsp3) is 0.471. The molecule has 0 radical (unpaired) electrons. The quantitative estimate of drug-likeness (QED) is 0.884. The summed E-state index contributed by atoms with van der Waals surface area (Å²) in [7, 11) is 0. The van der Waals surface area contributed by atoms with Crippen LogP contribution in [0.1, 0.15) is 19.7 Å². The summed E-state index contributed by atoms with van der Waals surface area (Å²) in [4.78, 5) is 21.3. The second kappa shape index (κ2) is 7.88. The fourth-order valence-electron chi connectivity index (χ4n) is 2.80. The predicted octanol–water partition coefficient (Wildman–Crippen LogP) is 2.39. The summed E-state index contributed by atoms with van der Waals surface area (Å²) < 4.78 is 17.6. The van der Waals surface area contributed by atoms with Crippen molar-refractivity contribution >= 4 is 28.3 Å². The number of piperazine rings is 1. The first-order chi connectivity index (χ1) is 12.1. The number of rotatable bonds is 5. The minimum Gasteiger partial charge on any atom is -0.344 e. The fourth-order valence-corrected chi connectivity index (χ4v) is 3.60. The minimum atomic E-state index is -0.359. The number of nitrogens with one attached hydrogen (secondary N) is 1. The van der Waals surface area contributed by atoms with Gasteiger partial charge in [-0.05, 0) is 25.1 Å². The van der Waals surface area contributed by atoms with E-state index in [0.29, 0.717) is 5.69 Å². The molecule has 134 valence electrons. The maximum Gasteiger partial charge on any atom is 0.241 e. The van der Waals surface area contributed by atoms with E-state index < -0.39 is 0 Å². The van der Waals surface area contributed by atoms with E-state index >= 15 is 0 Å². The van der Waals surface area contributed by atoms with Gasteiger partial charge in [-0.1, -0.05) is 13.0 Å². The van der Waals surface area contributed by atoms with Crippen LogP contribution in [0.15, 0.2) is 24.3 Å². The van der Waals surface area contributed by atoms with E-state index in [4.69, 9.17) is 0 Å². The molecule has 1 aromatic carbocycles. The molecule has 2 aromatic rings. The van der Waals surface area contributed by atoms with E-state index in [0.717, 1.165) is 43.6 Å². The summed E-state index contributed by atoms with van der Waals surface area (Å²) in [5, 5.41) is 3.73. The highest BCUT2D eigenvalue weighted by molar-refractivity contribution is 7.09. The summed E-state index contributed by atoms with van der Waals surface area (Å²) in [6.45, 7) is 7.11. The minimum absolute atomic E-state index is 0.122. The molecule has 0 saturated carbocycles. The Morgan fingerprint density at radius 2 is 2.12 bits per heavy atom. The van der Waals surface area contributed by atoms with Crippen molar-refractivity contribution in [1.29, 1.82) is 0 Å². The Balaban J connectivity index is 1.53. The maximum atomic E-state index is 13.2. The molecule has 1 N–H and O–H groups in total. The molecule has 1 aliphatic heterocycles. The van der Waals surface area contributed by atoms with Crippen LogP contribution in [0.2, 0.25) is 0 Å². The Morgan fingerprint density at radius 3 is 2.76 bits per heavy atom. The highest BCUT2D eigenvalue weighted by Crippen LogP contribution is 2.20. The average molecular weight is 363 g/mol. The van der Waals surface area contributed by atoms with Gasteiger partial charge in [-0.15, -0.1) is 0 Å². The van der Waals surface area contributed by atoms with Gasteiger partial charge in [0.05, 0.1) is 6.04 Å². The summed E-state index contributed by atoms with van der Waals surface area (Å²) in [6, 6.07) is 5.68. The first-order valence-corrected chi connectivity index (χ1v) is 9.22. The number of amides is 1. The van der Waals surface area contributed by atoms with E-state index in [-0.39, 0.29) is 17.8 Å². The molecule has 3 rings (SSSR count). The van der Waals surface area contributed by atoms with E-state index in [1.807, 2.05) is 13.8 Å². The summed E-state index contributed by atoms with van der Waals surface area (Å²) in [6.07, 6.45) is 0.841. The maximum absolute atomic E-state index is 13.2. The molecule has 1 atom stereocenters. The van der Waals surface area contributed by atoms with Gasteiger partial charge in [0.25, 0.3) is 0 Å². The van der Waals surface area contributed by atoms with Crippen molar-refractivity contribution in [3.8, 4) is 0 Å². The van der Waals surface area contributed by atoms with Gasteiger partial charge >= 0.3 is 0 Å². The Hall–Kier alpha value is -2.06. The zero-order chi connectivity index (χ0) is 17.8. The predicted molar refractivity (Wildman–Crippen MR) is 97.6 cm³/mol. The standard InChI is InChI=1S/C17H22FN5OS/c1-3-15-20-17(25-21-15)23-9-7-22(8-10-23)12(2)16(24)19-14-6-4-5-13(18)11-14/h4-6,11-12H,3,7-10H2,1-2H3,(H,19,24). The topological polar surface area (TPSA) is 61.4 Å². The number of benzene rings is 1. The van der Waals surface area contributed by atoms with Gasteiger partial charge in [0.1, 0.15) is 11.6 Å². The Labute approximate surface area is 150 Å². The number of aryl methyl sites for hydroxylation is 1. The van der Waals surface area contributed by atoms with Crippen molar-refractivity contribution in [2.75, 3.05) is 36.4 Å². The molecule has 1 fully saturated rings. The molecule has 0 aliphatic carbocycles. The first kappa shape index (κ1) is 17.8. The van der Waals surface area contributed by atoms with Crippen molar-refractivity contribution in [3.05, 3.63) is 35.9 Å². The lowest BCUT2D eigenvalue weighted by Crippen LogP contribution is -2.52. The Kier molecular flexibility index (Phi) is 5.60. The van der Waals surface area contributed by atoms with Crippen molar-refractivity contribution in [3.63, 3.8) is 0 Å². The molecule has 6 nitrogen and oxygen atoms in total. The largest absolute Gasteiger partial charge is 0.344 e. The summed E-state index contributed by atoms with van der Waals surface area (Å²) >= 11 is 1.43. The number of nitrogens with zero attached hydrogens (tertiary/aromatic N) is 4. The number of aromatic nitrogens is 2. The first-order valence-electron chi connectivity index (χ1n) is 8.45. The highest BCUT2D eigenvalue weighted by Gasteiger charge is 2.26. The lowest BCUT2D eigenvalue weighted by molar-refractivity contribution is -0.120. The number of halogens is 1. The Bertz CT molecular complexity index is 729. The molecular weight excluding hydrogens is 341 g/mol. The third-order valence-electron chi connectivity index (χ3n) is 4.38. The van der Waals surface area contributed by atoms with Crippen molar-refractivity contribution in [2.45, 2.75) is 26.3 Å². The third kappa shape index (κ3) is 4.32. The van der Waals surface area contributed by atoms with Crippen LogP contribution in [-0.2, 0) is 11.2 Å². The van der Waals surface area contributed by atoms with Crippen molar-refractivity contribution in [1.82, 2.24) is 14.3 Å². The molecule has 2 heterocycles. The molecule has 0 spiro atoms. The SMILES string of the molecule is CCc1nsc(N2CCN(C(C)C(=O)Nc3cccc(F)c3)CC2)n1. The van der Waals surface area contributed by atoms with Crippen molar-refractivity contribution in [2.24, 2.45) is 0 Å². The average Bonchev–Trinajstić information content (AvgIpc) is 3.10. The zero-order valence-electron chi connectivity index (χ0n) is 14.4. The van der Waals surface area contributed by atoms with Crippen molar-refractivity contribution < 1.29 is 9.18 Å². The van der Waals surface area contributed by atoms with E-state index in [9.17, 15) is 9.18 Å². The molecule has 1 unspecified atom stereocenters. The lowest BCUT2D eigenvalue weighted by atomic mass is 10.2. The number of anilines is 2. The van der Waals surface area contributed by atoms with E-state index in [1.165, 1.54) is 23.7 Å². The van der Waals surface area contributed by atoms with Crippen LogP contribution in [0.25, 0.3) is 0 Å². The van der Waals surface area contributed by atoms with Crippen LogP contribution in [0.5, 0.6) is 0 Å². The number of carbonyl (C=O) groups excluding carboxylic acids is 1. The summed E-state index contributed by atoms with van der Waals surface area (Å²) in [5.74, 6) is 0.399. The highest BCUT2D eigenvalue weighted by atomic mass is 32.1. The molecule has 1 aromatic heterocycles. The van der Waals surface area contributed by atoms with Crippen LogP contribution >= 0.6 is 11.5 Å². The zero-order valence-corrected chi connectivity index (χ0v) is 15.2. The normalized spacial score (nSPS) is 16.7. The van der Waals surface area contributed by atoms with E-state index in [1.54, 1.807) is 12.1 Å². The van der Waals surface area contributed by atoms with Gasteiger partial charge in [-0.3, -0.25) is 9.69 Å².